The number of rotatable bonds is 3. The first kappa shape index (κ1) is 16.9. The number of carbonyl (C=O) groups excluding carboxylic acids is 1. The molecule has 0 radical (unpaired) electrons. The Kier molecular flexibility index (Phi) is 5.48. The van der Waals surface area contributed by atoms with Crippen molar-refractivity contribution in [2.45, 2.75) is 13.0 Å². The van der Waals surface area contributed by atoms with Gasteiger partial charge < -0.3 is 4.90 Å². The van der Waals surface area contributed by atoms with E-state index in [-0.39, 0.29) is 11.7 Å². The number of amides is 1. The van der Waals surface area contributed by atoms with E-state index in [4.69, 9.17) is 11.6 Å². The molecule has 0 unspecified atom stereocenters. The highest BCUT2D eigenvalue weighted by atomic mass is 35.5. The van der Waals surface area contributed by atoms with Crippen LogP contribution >= 0.6 is 11.6 Å². The predicted octanol–water partition coefficient (Wildman–Crippen LogP) is 3.83. The van der Waals surface area contributed by atoms with Gasteiger partial charge in [0.2, 0.25) is 0 Å². The maximum Gasteiger partial charge on any atom is 0.254 e. The quantitative estimate of drug-likeness (QED) is 0.843. The fourth-order valence-corrected chi connectivity index (χ4v) is 3.24. The molecule has 24 heavy (non-hydrogen) atoms. The topological polar surface area (TPSA) is 23.6 Å². The second-order valence-corrected chi connectivity index (χ2v) is 6.50. The van der Waals surface area contributed by atoms with Gasteiger partial charge in [0, 0.05) is 43.3 Å². The van der Waals surface area contributed by atoms with Crippen LogP contribution in [0.3, 0.4) is 0 Å². The van der Waals surface area contributed by atoms with Crippen LogP contribution in [0.2, 0.25) is 5.02 Å². The van der Waals surface area contributed by atoms with Gasteiger partial charge in [0.05, 0.1) is 0 Å². The molecule has 5 heteroatoms. The Morgan fingerprint density at radius 2 is 1.88 bits per heavy atom. The zero-order valence-electron chi connectivity index (χ0n) is 13.4. The Bertz CT molecular complexity index is 722. The number of hydrogen-bond acceptors (Lipinski definition) is 2. The highest BCUT2D eigenvalue weighted by Gasteiger charge is 2.20. The Hall–Kier alpha value is -1.91. The Morgan fingerprint density at radius 1 is 1.04 bits per heavy atom. The van der Waals surface area contributed by atoms with Crippen LogP contribution in [0.1, 0.15) is 22.3 Å². The van der Waals surface area contributed by atoms with Crippen molar-refractivity contribution in [3.63, 3.8) is 0 Å². The van der Waals surface area contributed by atoms with Crippen LogP contribution in [0.5, 0.6) is 0 Å². The van der Waals surface area contributed by atoms with Gasteiger partial charge in [0.1, 0.15) is 5.82 Å². The molecule has 1 aliphatic heterocycles. The molecule has 0 bridgehead atoms. The fourth-order valence-electron chi connectivity index (χ4n) is 3.03. The van der Waals surface area contributed by atoms with Crippen molar-refractivity contribution in [3.8, 4) is 0 Å². The van der Waals surface area contributed by atoms with E-state index in [1.165, 1.54) is 17.7 Å². The van der Waals surface area contributed by atoms with Crippen molar-refractivity contribution in [2.75, 3.05) is 26.2 Å². The van der Waals surface area contributed by atoms with Gasteiger partial charge in [0.25, 0.3) is 5.91 Å². The lowest BCUT2D eigenvalue weighted by atomic mass is 10.2. The molecule has 0 aliphatic carbocycles. The standard InChI is InChI=1S/C19H20ClFN2O/c20-17-6-1-4-15(12-17)14-22-8-3-9-23(11-10-22)19(24)16-5-2-7-18(21)13-16/h1-2,4-7,12-13H,3,8-11,14H2. The van der Waals surface area contributed by atoms with E-state index in [2.05, 4.69) is 11.0 Å². The van der Waals surface area contributed by atoms with Crippen molar-refractivity contribution in [1.82, 2.24) is 9.80 Å². The van der Waals surface area contributed by atoms with Crippen molar-refractivity contribution in [3.05, 3.63) is 70.5 Å². The van der Waals surface area contributed by atoms with Crippen LogP contribution < -0.4 is 0 Å². The van der Waals surface area contributed by atoms with Crippen molar-refractivity contribution < 1.29 is 9.18 Å². The van der Waals surface area contributed by atoms with Gasteiger partial charge in [-0.15, -0.1) is 0 Å². The van der Waals surface area contributed by atoms with E-state index >= 15 is 0 Å². The van der Waals surface area contributed by atoms with Crippen LogP contribution in [0.4, 0.5) is 4.39 Å². The summed E-state index contributed by atoms with van der Waals surface area (Å²) in [6, 6.07) is 13.8. The molecule has 0 spiro atoms. The van der Waals surface area contributed by atoms with Crippen molar-refractivity contribution in [1.29, 1.82) is 0 Å². The number of nitrogens with zero attached hydrogens (tertiary/aromatic N) is 2. The van der Waals surface area contributed by atoms with Crippen LogP contribution in [0.15, 0.2) is 48.5 Å². The van der Waals surface area contributed by atoms with Gasteiger partial charge in [-0.2, -0.15) is 0 Å². The van der Waals surface area contributed by atoms with Gasteiger partial charge in [-0.1, -0.05) is 29.8 Å². The smallest absolute Gasteiger partial charge is 0.254 e. The van der Waals surface area contributed by atoms with Crippen molar-refractivity contribution >= 4 is 17.5 Å². The summed E-state index contributed by atoms with van der Waals surface area (Å²) in [6.45, 7) is 3.90. The molecule has 0 N–H and O–H groups in total. The summed E-state index contributed by atoms with van der Waals surface area (Å²) in [4.78, 5) is 16.7. The third kappa shape index (κ3) is 4.34. The summed E-state index contributed by atoms with van der Waals surface area (Å²) in [5.41, 5.74) is 1.59. The minimum atomic E-state index is -0.377. The third-order valence-corrected chi connectivity index (χ3v) is 4.48. The second kappa shape index (κ2) is 7.77. The van der Waals surface area contributed by atoms with Gasteiger partial charge in [-0.05, 0) is 42.3 Å². The Balaban J connectivity index is 1.61. The number of carbonyl (C=O) groups is 1. The molecule has 126 valence electrons. The van der Waals surface area contributed by atoms with E-state index in [1.54, 1.807) is 12.1 Å². The van der Waals surface area contributed by atoms with Crippen LogP contribution in [0, 0.1) is 5.82 Å². The average Bonchev–Trinajstić information content (AvgIpc) is 2.80. The zero-order valence-corrected chi connectivity index (χ0v) is 14.2. The molecule has 0 saturated carbocycles. The molecule has 3 nitrogen and oxygen atoms in total. The van der Waals surface area contributed by atoms with Gasteiger partial charge >= 0.3 is 0 Å². The summed E-state index contributed by atoms with van der Waals surface area (Å²) in [5.74, 6) is -0.475. The molecule has 2 aromatic rings. The highest BCUT2D eigenvalue weighted by Crippen LogP contribution is 2.15. The van der Waals surface area contributed by atoms with Crippen LogP contribution in [-0.4, -0.2) is 41.9 Å². The Morgan fingerprint density at radius 3 is 2.67 bits per heavy atom. The number of halogens is 2. The predicted molar refractivity (Wildman–Crippen MR) is 93.6 cm³/mol. The van der Waals surface area contributed by atoms with E-state index in [0.29, 0.717) is 18.7 Å². The summed E-state index contributed by atoms with van der Waals surface area (Å²) in [7, 11) is 0. The lowest BCUT2D eigenvalue weighted by molar-refractivity contribution is 0.0760. The van der Waals surface area contributed by atoms with Crippen LogP contribution in [-0.2, 0) is 6.54 Å². The van der Waals surface area contributed by atoms with Gasteiger partial charge in [0.15, 0.2) is 0 Å². The molecule has 0 aromatic heterocycles. The molecule has 1 heterocycles. The van der Waals surface area contributed by atoms with Gasteiger partial charge in [-0.3, -0.25) is 9.69 Å². The number of benzene rings is 2. The summed E-state index contributed by atoms with van der Waals surface area (Å²) in [5, 5.41) is 0.741. The SMILES string of the molecule is O=C(c1cccc(F)c1)N1CCCN(Cc2cccc(Cl)c2)CC1. The maximum atomic E-state index is 13.3. The minimum absolute atomic E-state index is 0.0981. The lowest BCUT2D eigenvalue weighted by Crippen LogP contribution is -2.35. The van der Waals surface area contributed by atoms with Crippen LogP contribution in [0.25, 0.3) is 0 Å². The molecule has 3 rings (SSSR count). The molecule has 1 aliphatic rings. The first-order valence-corrected chi connectivity index (χ1v) is 8.51. The third-order valence-electron chi connectivity index (χ3n) is 4.24. The van der Waals surface area contributed by atoms with E-state index in [9.17, 15) is 9.18 Å². The fraction of sp³-hybridized carbons (Fsp3) is 0.316. The molecular formula is C19H20ClFN2O. The summed E-state index contributed by atoms with van der Waals surface area (Å²) in [6.07, 6.45) is 0.904. The van der Waals surface area contributed by atoms with E-state index in [1.807, 2.05) is 23.1 Å². The molecular weight excluding hydrogens is 327 g/mol. The number of hydrogen-bond donors (Lipinski definition) is 0. The molecule has 2 aromatic carbocycles. The first-order valence-electron chi connectivity index (χ1n) is 8.13. The first-order chi connectivity index (χ1) is 11.6. The lowest BCUT2D eigenvalue weighted by Gasteiger charge is -2.22. The normalized spacial score (nSPS) is 16.0. The van der Waals surface area contributed by atoms with Gasteiger partial charge in [-0.25, -0.2) is 4.39 Å². The monoisotopic (exact) mass is 346 g/mol. The molecule has 1 fully saturated rings. The van der Waals surface area contributed by atoms with E-state index < -0.39 is 0 Å². The Labute approximate surface area is 146 Å². The maximum absolute atomic E-state index is 13.3. The highest BCUT2D eigenvalue weighted by molar-refractivity contribution is 6.30. The molecule has 1 amide bonds. The minimum Gasteiger partial charge on any atom is -0.337 e. The van der Waals surface area contributed by atoms with Crippen molar-refractivity contribution in [2.24, 2.45) is 0 Å². The van der Waals surface area contributed by atoms with E-state index in [0.717, 1.165) is 31.1 Å². The molecule has 1 saturated heterocycles. The average molecular weight is 347 g/mol. The summed E-state index contributed by atoms with van der Waals surface area (Å²) >= 11 is 6.04. The summed E-state index contributed by atoms with van der Waals surface area (Å²) < 4.78 is 13.3. The largest absolute Gasteiger partial charge is 0.337 e. The molecule has 0 atom stereocenters. The zero-order chi connectivity index (χ0) is 16.9. The second-order valence-electron chi connectivity index (χ2n) is 6.06.